The van der Waals surface area contributed by atoms with E-state index in [-0.39, 0.29) is 24.0 Å². The molecule has 0 radical (unpaired) electrons. The minimum Gasteiger partial charge on any atom is -0.496 e. The van der Waals surface area contributed by atoms with Gasteiger partial charge in [-0.3, -0.25) is 14.4 Å². The van der Waals surface area contributed by atoms with Crippen LogP contribution in [-0.2, 0) is 20.7 Å². The van der Waals surface area contributed by atoms with Gasteiger partial charge >= 0.3 is 5.97 Å². The fourth-order valence-electron chi connectivity index (χ4n) is 2.73. The summed E-state index contributed by atoms with van der Waals surface area (Å²) in [6.45, 7) is 7.07. The SMILES string of the molecule is COc1ccc(C)cc1CC(=O)O[C@H](C)C(=O)c1ccc(NC(=O)C(C)C)cc1. The van der Waals surface area contributed by atoms with Gasteiger partial charge in [0.2, 0.25) is 11.7 Å². The molecule has 0 saturated heterocycles. The highest BCUT2D eigenvalue weighted by Crippen LogP contribution is 2.21. The highest BCUT2D eigenvalue weighted by molar-refractivity contribution is 6.01. The first kappa shape index (κ1) is 22.1. The summed E-state index contributed by atoms with van der Waals surface area (Å²) in [6, 6.07) is 12.1. The Labute approximate surface area is 171 Å². The third-order valence-electron chi connectivity index (χ3n) is 4.41. The lowest BCUT2D eigenvalue weighted by molar-refractivity contribution is -0.145. The number of ether oxygens (including phenoxy) is 2. The predicted molar refractivity (Wildman–Crippen MR) is 111 cm³/mol. The number of rotatable bonds is 8. The van der Waals surface area contributed by atoms with Crippen LogP contribution in [0, 0.1) is 12.8 Å². The molecule has 0 saturated carbocycles. The summed E-state index contributed by atoms with van der Waals surface area (Å²) in [6.07, 6.45) is -0.905. The van der Waals surface area contributed by atoms with Gasteiger partial charge in [0, 0.05) is 22.7 Å². The van der Waals surface area contributed by atoms with Crippen LogP contribution in [0.15, 0.2) is 42.5 Å². The van der Waals surface area contributed by atoms with Crippen molar-refractivity contribution < 1.29 is 23.9 Å². The average molecular weight is 397 g/mol. The molecule has 1 N–H and O–H groups in total. The van der Waals surface area contributed by atoms with Crippen LogP contribution in [0.4, 0.5) is 5.69 Å². The molecule has 0 spiro atoms. The Bertz CT molecular complexity index is 887. The van der Waals surface area contributed by atoms with Crippen molar-refractivity contribution in [3.05, 3.63) is 59.2 Å². The van der Waals surface area contributed by atoms with Gasteiger partial charge in [0.15, 0.2) is 6.10 Å². The first-order valence-corrected chi connectivity index (χ1v) is 9.49. The van der Waals surface area contributed by atoms with Crippen LogP contribution >= 0.6 is 0 Å². The van der Waals surface area contributed by atoms with E-state index in [1.54, 1.807) is 58.2 Å². The molecule has 29 heavy (non-hydrogen) atoms. The zero-order valence-electron chi connectivity index (χ0n) is 17.4. The van der Waals surface area contributed by atoms with Crippen molar-refractivity contribution in [1.29, 1.82) is 0 Å². The Morgan fingerprint density at radius 3 is 2.24 bits per heavy atom. The second kappa shape index (κ2) is 9.87. The van der Waals surface area contributed by atoms with E-state index in [2.05, 4.69) is 5.32 Å². The Morgan fingerprint density at radius 2 is 1.66 bits per heavy atom. The number of carbonyl (C=O) groups excluding carboxylic acids is 3. The third kappa shape index (κ3) is 6.17. The van der Waals surface area contributed by atoms with Gasteiger partial charge in [0.05, 0.1) is 13.5 Å². The molecule has 0 aromatic heterocycles. The van der Waals surface area contributed by atoms with Crippen molar-refractivity contribution in [3.63, 3.8) is 0 Å². The zero-order chi connectivity index (χ0) is 21.6. The molecule has 1 amide bonds. The predicted octanol–water partition coefficient (Wildman–Crippen LogP) is 3.96. The molecule has 154 valence electrons. The van der Waals surface area contributed by atoms with Crippen LogP contribution in [-0.4, -0.2) is 30.9 Å². The number of aryl methyl sites for hydroxylation is 1. The highest BCUT2D eigenvalue weighted by atomic mass is 16.5. The van der Waals surface area contributed by atoms with Crippen molar-refractivity contribution >= 4 is 23.3 Å². The van der Waals surface area contributed by atoms with Crippen molar-refractivity contribution in [3.8, 4) is 5.75 Å². The summed E-state index contributed by atoms with van der Waals surface area (Å²) < 4.78 is 10.6. The van der Waals surface area contributed by atoms with E-state index < -0.39 is 12.1 Å². The number of amides is 1. The smallest absolute Gasteiger partial charge is 0.311 e. The van der Waals surface area contributed by atoms with Crippen LogP contribution < -0.4 is 10.1 Å². The van der Waals surface area contributed by atoms with Crippen molar-refractivity contribution in [2.24, 2.45) is 5.92 Å². The molecule has 0 bridgehead atoms. The Morgan fingerprint density at radius 1 is 1.00 bits per heavy atom. The molecule has 1 atom stereocenters. The molecule has 0 unspecified atom stereocenters. The fraction of sp³-hybridized carbons (Fsp3) is 0.348. The number of Topliss-reactive ketones (excluding diaryl/α,β-unsaturated/α-hetero) is 1. The number of carbonyl (C=O) groups is 3. The maximum Gasteiger partial charge on any atom is 0.311 e. The Hall–Kier alpha value is -3.15. The van der Waals surface area contributed by atoms with Gasteiger partial charge in [0.1, 0.15) is 5.75 Å². The second-order valence-corrected chi connectivity index (χ2v) is 7.21. The van der Waals surface area contributed by atoms with E-state index in [1.807, 2.05) is 19.1 Å². The van der Waals surface area contributed by atoms with Gasteiger partial charge in [-0.15, -0.1) is 0 Å². The molecule has 0 aliphatic heterocycles. The summed E-state index contributed by atoms with van der Waals surface area (Å²) in [4.78, 5) is 36.6. The summed E-state index contributed by atoms with van der Waals surface area (Å²) in [5, 5.41) is 2.76. The zero-order valence-corrected chi connectivity index (χ0v) is 17.4. The number of benzene rings is 2. The topological polar surface area (TPSA) is 81.7 Å². The van der Waals surface area contributed by atoms with Gasteiger partial charge in [-0.05, 0) is 44.2 Å². The van der Waals surface area contributed by atoms with Crippen molar-refractivity contribution in [2.45, 2.75) is 40.2 Å². The number of nitrogens with one attached hydrogen (secondary N) is 1. The van der Waals surface area contributed by atoms with Crippen LogP contribution in [0.2, 0.25) is 0 Å². The van der Waals surface area contributed by atoms with E-state index in [9.17, 15) is 14.4 Å². The number of methoxy groups -OCH3 is 1. The molecule has 0 heterocycles. The number of hydrogen-bond acceptors (Lipinski definition) is 5. The second-order valence-electron chi connectivity index (χ2n) is 7.21. The largest absolute Gasteiger partial charge is 0.496 e. The van der Waals surface area contributed by atoms with E-state index >= 15 is 0 Å². The number of anilines is 1. The van der Waals surface area contributed by atoms with Crippen molar-refractivity contribution in [2.75, 3.05) is 12.4 Å². The Balaban J connectivity index is 1.99. The van der Waals surface area contributed by atoms with Gasteiger partial charge in [-0.1, -0.05) is 31.5 Å². The lowest BCUT2D eigenvalue weighted by atomic mass is 10.1. The van der Waals surface area contributed by atoms with Gasteiger partial charge < -0.3 is 14.8 Å². The minimum atomic E-state index is -0.922. The minimum absolute atomic E-state index is 0.0165. The lowest BCUT2D eigenvalue weighted by Gasteiger charge is -2.14. The third-order valence-corrected chi connectivity index (χ3v) is 4.41. The summed E-state index contributed by atoms with van der Waals surface area (Å²) in [5.74, 6) is -0.446. The number of esters is 1. The normalized spacial score (nSPS) is 11.7. The van der Waals surface area contributed by atoms with Gasteiger partial charge in [0.25, 0.3) is 0 Å². The Kier molecular flexibility index (Phi) is 7.53. The summed E-state index contributed by atoms with van der Waals surface area (Å²) in [5.41, 5.74) is 2.72. The molecular weight excluding hydrogens is 370 g/mol. The molecule has 6 nitrogen and oxygen atoms in total. The van der Waals surface area contributed by atoms with Crippen LogP contribution in [0.1, 0.15) is 42.3 Å². The maximum absolute atomic E-state index is 12.6. The van der Waals surface area contributed by atoms with Crippen LogP contribution in [0.5, 0.6) is 5.75 Å². The van der Waals surface area contributed by atoms with Crippen LogP contribution in [0.25, 0.3) is 0 Å². The van der Waals surface area contributed by atoms with Gasteiger partial charge in [-0.25, -0.2) is 0 Å². The average Bonchev–Trinajstić information content (AvgIpc) is 2.68. The molecule has 0 fully saturated rings. The van der Waals surface area contributed by atoms with Gasteiger partial charge in [-0.2, -0.15) is 0 Å². The number of hydrogen-bond donors (Lipinski definition) is 1. The standard InChI is InChI=1S/C23H27NO5/c1-14(2)23(27)24-19-9-7-17(8-10-19)22(26)16(4)29-21(25)13-18-12-15(3)6-11-20(18)28-5/h6-12,14,16H,13H2,1-5H3,(H,24,27)/t16-/m1/s1. The molecule has 6 heteroatoms. The maximum atomic E-state index is 12.6. The quantitative estimate of drug-likeness (QED) is 0.539. The molecule has 0 aliphatic rings. The monoisotopic (exact) mass is 397 g/mol. The first-order valence-electron chi connectivity index (χ1n) is 9.49. The van der Waals surface area contributed by atoms with E-state index in [1.165, 1.54) is 0 Å². The van der Waals surface area contributed by atoms with Crippen molar-refractivity contribution in [1.82, 2.24) is 0 Å². The van der Waals surface area contributed by atoms with Crippen LogP contribution in [0.3, 0.4) is 0 Å². The molecular formula is C23H27NO5. The molecule has 2 aromatic rings. The molecule has 2 aromatic carbocycles. The fourth-order valence-corrected chi connectivity index (χ4v) is 2.73. The van der Waals surface area contributed by atoms with E-state index in [0.717, 1.165) is 5.56 Å². The molecule has 0 aliphatic carbocycles. The van der Waals surface area contributed by atoms with E-state index in [4.69, 9.17) is 9.47 Å². The number of ketones is 1. The first-order chi connectivity index (χ1) is 13.7. The summed E-state index contributed by atoms with van der Waals surface area (Å²) in [7, 11) is 1.54. The van der Waals surface area contributed by atoms with E-state index in [0.29, 0.717) is 22.6 Å². The lowest BCUT2D eigenvalue weighted by Crippen LogP contribution is -2.25. The highest BCUT2D eigenvalue weighted by Gasteiger charge is 2.21. The molecule has 2 rings (SSSR count). The summed E-state index contributed by atoms with van der Waals surface area (Å²) >= 11 is 0.